The number of fused-ring (bicyclic) bond motifs is 1. The minimum Gasteiger partial charge on any atom is -0.437 e. The molecular weight excluding hydrogens is 214 g/mol. The number of hydrogen-bond donors (Lipinski definition) is 1. The van der Waals surface area contributed by atoms with Crippen molar-refractivity contribution in [2.45, 2.75) is 33.3 Å². The molecule has 17 heavy (non-hydrogen) atoms. The number of amides is 1. The number of rotatable bonds is 2. The van der Waals surface area contributed by atoms with Crippen LogP contribution in [0.25, 0.3) is 0 Å². The Morgan fingerprint density at radius 3 is 2.29 bits per heavy atom. The van der Waals surface area contributed by atoms with Gasteiger partial charge in [-0.05, 0) is 17.9 Å². The van der Waals surface area contributed by atoms with Crippen LogP contribution in [0.15, 0.2) is 24.3 Å². The normalized spacial score (nSPS) is 17.6. The molecule has 2 rings (SSSR count). The number of benzene rings is 1. The fourth-order valence-electron chi connectivity index (χ4n) is 2.80. The SMILES string of the molecule is CC(C)C1(C(C)C)OC(=O)Nc2ccccc21. The van der Waals surface area contributed by atoms with Crippen LogP contribution in [-0.4, -0.2) is 6.09 Å². The summed E-state index contributed by atoms with van der Waals surface area (Å²) in [5, 5.41) is 2.76. The lowest BCUT2D eigenvalue weighted by Gasteiger charge is -2.44. The second-order valence-corrected chi connectivity index (χ2v) is 5.16. The second kappa shape index (κ2) is 4.06. The molecule has 0 aliphatic carbocycles. The van der Waals surface area contributed by atoms with E-state index < -0.39 is 5.60 Å². The molecule has 1 N–H and O–H groups in total. The van der Waals surface area contributed by atoms with E-state index in [0.717, 1.165) is 11.3 Å². The van der Waals surface area contributed by atoms with Crippen molar-refractivity contribution in [1.29, 1.82) is 0 Å². The van der Waals surface area contributed by atoms with Gasteiger partial charge in [-0.3, -0.25) is 5.32 Å². The minimum absolute atomic E-state index is 0.231. The minimum atomic E-state index is -0.529. The van der Waals surface area contributed by atoms with Crippen molar-refractivity contribution in [3.8, 4) is 0 Å². The molecule has 1 aromatic rings. The van der Waals surface area contributed by atoms with Crippen molar-refractivity contribution in [2.24, 2.45) is 11.8 Å². The maximum atomic E-state index is 11.7. The Morgan fingerprint density at radius 2 is 1.71 bits per heavy atom. The standard InChI is InChI=1S/C14H19NO2/c1-9(2)14(10(3)4)11-7-5-6-8-12(11)15-13(16)17-14/h5-10H,1-4H3,(H,15,16). The van der Waals surface area contributed by atoms with E-state index in [9.17, 15) is 4.79 Å². The third kappa shape index (κ3) is 1.70. The predicted molar refractivity (Wildman–Crippen MR) is 67.9 cm³/mol. The molecule has 3 nitrogen and oxygen atoms in total. The van der Waals surface area contributed by atoms with Crippen LogP contribution in [0, 0.1) is 11.8 Å². The summed E-state index contributed by atoms with van der Waals surface area (Å²) in [4.78, 5) is 11.7. The summed E-state index contributed by atoms with van der Waals surface area (Å²) in [7, 11) is 0. The summed E-state index contributed by atoms with van der Waals surface area (Å²) in [5.74, 6) is 0.462. The van der Waals surface area contributed by atoms with E-state index in [2.05, 4.69) is 33.0 Å². The summed E-state index contributed by atoms with van der Waals surface area (Å²) in [6, 6.07) is 7.87. The molecule has 3 heteroatoms. The zero-order chi connectivity index (χ0) is 12.6. The topological polar surface area (TPSA) is 38.3 Å². The maximum Gasteiger partial charge on any atom is 0.412 e. The molecule has 1 heterocycles. The Kier molecular flexibility index (Phi) is 2.86. The molecule has 1 aliphatic heterocycles. The van der Waals surface area contributed by atoms with E-state index in [1.165, 1.54) is 0 Å². The molecule has 0 fully saturated rings. The quantitative estimate of drug-likeness (QED) is 0.844. The van der Waals surface area contributed by atoms with Crippen LogP contribution in [0.2, 0.25) is 0 Å². The Labute approximate surface area is 102 Å². The lowest BCUT2D eigenvalue weighted by molar-refractivity contribution is -0.0629. The van der Waals surface area contributed by atoms with E-state index >= 15 is 0 Å². The van der Waals surface area contributed by atoms with E-state index in [1.807, 2.05) is 24.3 Å². The predicted octanol–water partition coefficient (Wildman–Crippen LogP) is 3.76. The van der Waals surface area contributed by atoms with Gasteiger partial charge in [-0.25, -0.2) is 4.79 Å². The van der Waals surface area contributed by atoms with Crippen LogP contribution in [-0.2, 0) is 10.3 Å². The van der Waals surface area contributed by atoms with Gasteiger partial charge in [0.2, 0.25) is 0 Å². The van der Waals surface area contributed by atoms with E-state index in [1.54, 1.807) is 0 Å². The average molecular weight is 233 g/mol. The van der Waals surface area contributed by atoms with E-state index in [4.69, 9.17) is 4.74 Å². The van der Waals surface area contributed by atoms with Gasteiger partial charge >= 0.3 is 6.09 Å². The zero-order valence-electron chi connectivity index (χ0n) is 10.8. The summed E-state index contributed by atoms with van der Waals surface area (Å²) in [5.41, 5.74) is 1.41. The number of ether oxygens (including phenoxy) is 1. The number of anilines is 1. The van der Waals surface area contributed by atoms with Gasteiger partial charge in [0.1, 0.15) is 5.60 Å². The highest BCUT2D eigenvalue weighted by Crippen LogP contribution is 2.46. The van der Waals surface area contributed by atoms with Gasteiger partial charge in [0.15, 0.2) is 0 Å². The van der Waals surface area contributed by atoms with Gasteiger partial charge in [-0.15, -0.1) is 0 Å². The van der Waals surface area contributed by atoms with Gasteiger partial charge in [-0.1, -0.05) is 45.9 Å². The number of nitrogens with one attached hydrogen (secondary N) is 1. The molecule has 0 radical (unpaired) electrons. The highest BCUT2D eigenvalue weighted by atomic mass is 16.6. The van der Waals surface area contributed by atoms with Gasteiger partial charge < -0.3 is 4.74 Å². The molecule has 0 bridgehead atoms. The molecule has 0 atom stereocenters. The van der Waals surface area contributed by atoms with Crippen LogP contribution in [0.5, 0.6) is 0 Å². The summed E-state index contributed by atoms with van der Waals surface area (Å²) < 4.78 is 5.67. The van der Waals surface area contributed by atoms with E-state index in [0.29, 0.717) is 0 Å². The van der Waals surface area contributed by atoms with Crippen molar-refractivity contribution < 1.29 is 9.53 Å². The molecule has 92 valence electrons. The van der Waals surface area contributed by atoms with Crippen molar-refractivity contribution >= 4 is 11.8 Å². The molecular formula is C14H19NO2. The molecule has 0 saturated heterocycles. The lowest BCUT2D eigenvalue weighted by Crippen LogP contribution is -2.47. The van der Waals surface area contributed by atoms with Crippen LogP contribution in [0.1, 0.15) is 33.3 Å². The van der Waals surface area contributed by atoms with Crippen LogP contribution < -0.4 is 5.32 Å². The highest BCUT2D eigenvalue weighted by molar-refractivity contribution is 5.88. The van der Waals surface area contributed by atoms with Gasteiger partial charge in [-0.2, -0.15) is 0 Å². The molecule has 1 aromatic carbocycles. The third-order valence-electron chi connectivity index (χ3n) is 3.56. The summed E-state index contributed by atoms with van der Waals surface area (Å²) >= 11 is 0. The molecule has 1 amide bonds. The van der Waals surface area contributed by atoms with Crippen molar-refractivity contribution in [3.63, 3.8) is 0 Å². The zero-order valence-corrected chi connectivity index (χ0v) is 10.8. The largest absolute Gasteiger partial charge is 0.437 e. The fourth-order valence-corrected chi connectivity index (χ4v) is 2.80. The first kappa shape index (κ1) is 12.0. The first-order valence-corrected chi connectivity index (χ1v) is 6.08. The van der Waals surface area contributed by atoms with Crippen LogP contribution >= 0.6 is 0 Å². The third-order valence-corrected chi connectivity index (χ3v) is 3.56. The fraction of sp³-hybridized carbons (Fsp3) is 0.500. The van der Waals surface area contributed by atoms with E-state index in [-0.39, 0.29) is 17.9 Å². The molecule has 0 aromatic heterocycles. The number of carbonyl (C=O) groups is 1. The van der Waals surface area contributed by atoms with Crippen LogP contribution in [0.4, 0.5) is 10.5 Å². The van der Waals surface area contributed by atoms with Gasteiger partial charge in [0, 0.05) is 5.56 Å². The van der Waals surface area contributed by atoms with Gasteiger partial charge in [0.05, 0.1) is 5.69 Å². The number of para-hydroxylation sites is 1. The van der Waals surface area contributed by atoms with Crippen molar-refractivity contribution in [1.82, 2.24) is 0 Å². The highest BCUT2D eigenvalue weighted by Gasteiger charge is 2.46. The molecule has 0 unspecified atom stereocenters. The Balaban J connectivity index is 2.64. The second-order valence-electron chi connectivity index (χ2n) is 5.16. The number of cyclic esters (lactones) is 1. The summed E-state index contributed by atoms with van der Waals surface area (Å²) in [6.45, 7) is 8.37. The Hall–Kier alpha value is -1.51. The lowest BCUT2D eigenvalue weighted by atomic mass is 9.73. The smallest absolute Gasteiger partial charge is 0.412 e. The average Bonchev–Trinajstić information content (AvgIpc) is 2.26. The first-order valence-electron chi connectivity index (χ1n) is 6.08. The molecule has 1 aliphatic rings. The monoisotopic (exact) mass is 233 g/mol. The molecule has 0 saturated carbocycles. The van der Waals surface area contributed by atoms with Crippen molar-refractivity contribution in [3.05, 3.63) is 29.8 Å². The van der Waals surface area contributed by atoms with Crippen LogP contribution in [0.3, 0.4) is 0 Å². The Bertz CT molecular complexity index is 430. The Morgan fingerprint density at radius 1 is 1.12 bits per heavy atom. The summed E-state index contributed by atoms with van der Waals surface area (Å²) in [6.07, 6.45) is -0.355. The number of hydrogen-bond acceptors (Lipinski definition) is 2. The first-order chi connectivity index (χ1) is 7.98. The van der Waals surface area contributed by atoms with Gasteiger partial charge in [0.25, 0.3) is 0 Å². The molecule has 0 spiro atoms. The van der Waals surface area contributed by atoms with Crippen molar-refractivity contribution in [2.75, 3.05) is 5.32 Å². The number of carbonyl (C=O) groups excluding carboxylic acids is 1. The maximum absolute atomic E-state index is 11.7.